The number of carbonyl (C=O) groups is 2. The number of rotatable bonds is 4. The van der Waals surface area contributed by atoms with Gasteiger partial charge in [-0.3, -0.25) is 4.79 Å². The number of aromatic nitrogens is 2. The molecule has 0 saturated carbocycles. The highest BCUT2D eigenvalue weighted by Crippen LogP contribution is 2.40. The molecular formula is C24H25FN6O4. The number of nitrogens with zero attached hydrogens (tertiary/aromatic N) is 3. The molecule has 1 aromatic carbocycles. The normalized spacial score (nSPS) is 17.1. The Kier molecular flexibility index (Phi) is 5.75. The number of likely N-dealkylation sites (tertiary alicyclic amines) is 1. The van der Waals surface area contributed by atoms with E-state index in [-0.39, 0.29) is 35.5 Å². The molecule has 3 aromatic rings. The summed E-state index contributed by atoms with van der Waals surface area (Å²) in [6.45, 7) is 3.53. The van der Waals surface area contributed by atoms with E-state index in [1.807, 2.05) is 6.92 Å². The van der Waals surface area contributed by atoms with Crippen LogP contribution in [0, 0.1) is 5.82 Å². The fourth-order valence-corrected chi connectivity index (χ4v) is 4.52. The summed E-state index contributed by atoms with van der Waals surface area (Å²) < 4.78 is 26.4. The first-order chi connectivity index (χ1) is 16.9. The van der Waals surface area contributed by atoms with Gasteiger partial charge >= 0.3 is 6.09 Å². The van der Waals surface area contributed by atoms with E-state index in [1.165, 1.54) is 12.3 Å². The average Bonchev–Trinajstić information content (AvgIpc) is 3.16. The summed E-state index contributed by atoms with van der Waals surface area (Å²) >= 11 is 0. The van der Waals surface area contributed by atoms with Crippen molar-refractivity contribution >= 4 is 34.1 Å². The van der Waals surface area contributed by atoms with Crippen LogP contribution < -0.4 is 25.8 Å². The van der Waals surface area contributed by atoms with Gasteiger partial charge in [0.05, 0.1) is 11.7 Å². The minimum Gasteiger partial charge on any atom is -0.474 e. The minimum absolute atomic E-state index is 0.0268. The lowest BCUT2D eigenvalue weighted by atomic mass is 9.95. The quantitative estimate of drug-likeness (QED) is 0.486. The molecule has 0 spiro atoms. The molecular weight excluding hydrogens is 455 g/mol. The number of nitrogen functional groups attached to an aromatic ring is 1. The fraction of sp³-hybridized carbons (Fsp3) is 0.333. The number of pyridine rings is 2. The molecule has 0 aliphatic carbocycles. The van der Waals surface area contributed by atoms with Crippen molar-refractivity contribution < 1.29 is 23.5 Å². The maximum Gasteiger partial charge on any atom is 0.414 e. The fourth-order valence-electron chi connectivity index (χ4n) is 4.52. The molecule has 0 unspecified atom stereocenters. The zero-order valence-corrected chi connectivity index (χ0v) is 19.4. The van der Waals surface area contributed by atoms with Gasteiger partial charge < -0.3 is 30.7 Å². The van der Waals surface area contributed by atoms with E-state index in [4.69, 9.17) is 15.2 Å². The number of nitrogens with two attached hydrogens (primary N) is 1. The Morgan fingerprint density at radius 2 is 2.17 bits per heavy atom. The van der Waals surface area contributed by atoms with E-state index < -0.39 is 11.9 Å². The van der Waals surface area contributed by atoms with Crippen LogP contribution in [0.25, 0.3) is 21.9 Å². The summed E-state index contributed by atoms with van der Waals surface area (Å²) in [7, 11) is 1.67. The van der Waals surface area contributed by atoms with Crippen LogP contribution in [0.1, 0.15) is 18.9 Å². The van der Waals surface area contributed by atoms with E-state index in [0.29, 0.717) is 48.3 Å². The number of likely N-dealkylation sites (N-methyl/N-ethyl adjacent to an activating group) is 1. The molecule has 5 rings (SSSR count). The lowest BCUT2D eigenvalue weighted by Gasteiger charge is -2.23. The molecule has 4 N–H and O–H groups in total. The van der Waals surface area contributed by atoms with Gasteiger partial charge in [0.1, 0.15) is 12.3 Å². The number of fused-ring (bicyclic) bond motifs is 2. The predicted molar refractivity (Wildman–Crippen MR) is 128 cm³/mol. The van der Waals surface area contributed by atoms with Crippen molar-refractivity contribution in [2.24, 2.45) is 0 Å². The first-order valence-corrected chi connectivity index (χ1v) is 11.3. The molecule has 11 heteroatoms. The Morgan fingerprint density at radius 3 is 2.91 bits per heavy atom. The molecule has 2 aliphatic heterocycles. The smallest absolute Gasteiger partial charge is 0.414 e. The lowest BCUT2D eigenvalue weighted by Crippen LogP contribution is -2.38. The Bertz CT molecular complexity index is 1350. The number of amides is 2. The number of hydrogen-bond donors (Lipinski definition) is 3. The molecule has 182 valence electrons. The Balaban J connectivity index is 1.48. The maximum atomic E-state index is 15.4. The maximum absolute atomic E-state index is 15.4. The number of benzene rings is 1. The van der Waals surface area contributed by atoms with E-state index in [0.717, 1.165) is 11.3 Å². The van der Waals surface area contributed by atoms with Gasteiger partial charge in [-0.25, -0.2) is 19.2 Å². The number of ether oxygens (including phenoxy) is 2. The van der Waals surface area contributed by atoms with Crippen molar-refractivity contribution in [3.8, 4) is 22.9 Å². The summed E-state index contributed by atoms with van der Waals surface area (Å²) in [5.41, 5.74) is 8.58. The van der Waals surface area contributed by atoms with Gasteiger partial charge in [-0.05, 0) is 23.4 Å². The second-order valence-electron chi connectivity index (χ2n) is 8.56. The van der Waals surface area contributed by atoms with E-state index in [2.05, 4.69) is 20.6 Å². The van der Waals surface area contributed by atoms with Crippen LogP contribution >= 0.6 is 0 Å². The average molecular weight is 481 g/mol. The van der Waals surface area contributed by atoms with Gasteiger partial charge in [0.15, 0.2) is 5.82 Å². The van der Waals surface area contributed by atoms with Crippen LogP contribution in [-0.2, 0) is 11.2 Å². The van der Waals surface area contributed by atoms with Gasteiger partial charge in [-0.1, -0.05) is 6.92 Å². The van der Waals surface area contributed by atoms with E-state index in [9.17, 15) is 9.59 Å². The molecule has 1 atom stereocenters. The number of hydrogen-bond acceptors (Lipinski definition) is 8. The second-order valence-corrected chi connectivity index (χ2v) is 8.56. The third-order valence-electron chi connectivity index (χ3n) is 6.27. The SMILES string of the molecule is CCc1c(-c2cc3cc(OC(=O)N[C@@H]4CC(=O)N(C)C4)ncc3c(N)c2F)cnc2c1NCCO2. The van der Waals surface area contributed by atoms with Crippen molar-refractivity contribution in [3.63, 3.8) is 0 Å². The van der Waals surface area contributed by atoms with Gasteiger partial charge in [-0.15, -0.1) is 0 Å². The molecule has 4 heterocycles. The molecule has 0 radical (unpaired) electrons. The number of nitrogens with one attached hydrogen (secondary N) is 2. The molecule has 35 heavy (non-hydrogen) atoms. The van der Waals surface area contributed by atoms with Crippen molar-refractivity contribution in [1.29, 1.82) is 0 Å². The summed E-state index contributed by atoms with van der Waals surface area (Å²) in [6.07, 6.45) is 3.06. The molecule has 2 amide bonds. The van der Waals surface area contributed by atoms with Gasteiger partial charge in [0.2, 0.25) is 17.7 Å². The van der Waals surface area contributed by atoms with Crippen LogP contribution in [-0.4, -0.2) is 59.7 Å². The van der Waals surface area contributed by atoms with Crippen molar-refractivity contribution in [1.82, 2.24) is 20.2 Å². The van der Waals surface area contributed by atoms with Gasteiger partial charge in [0, 0.05) is 61.5 Å². The third-order valence-corrected chi connectivity index (χ3v) is 6.27. The first kappa shape index (κ1) is 22.6. The second kappa shape index (κ2) is 8.90. The number of halogens is 1. The van der Waals surface area contributed by atoms with Crippen LogP contribution in [0.3, 0.4) is 0 Å². The summed E-state index contributed by atoms with van der Waals surface area (Å²) in [5, 5.41) is 6.90. The summed E-state index contributed by atoms with van der Waals surface area (Å²) in [4.78, 5) is 34.0. The van der Waals surface area contributed by atoms with Crippen molar-refractivity contribution in [2.45, 2.75) is 25.8 Å². The molecule has 0 bridgehead atoms. The summed E-state index contributed by atoms with van der Waals surface area (Å²) in [6, 6.07) is 2.84. The molecule has 2 aromatic heterocycles. The topological polar surface area (TPSA) is 132 Å². The highest BCUT2D eigenvalue weighted by molar-refractivity contribution is 5.98. The highest BCUT2D eigenvalue weighted by Gasteiger charge is 2.28. The van der Waals surface area contributed by atoms with E-state index >= 15 is 4.39 Å². The Morgan fingerprint density at radius 1 is 1.34 bits per heavy atom. The number of anilines is 2. The van der Waals surface area contributed by atoms with Crippen LogP contribution in [0.2, 0.25) is 0 Å². The lowest BCUT2D eigenvalue weighted by molar-refractivity contribution is -0.126. The van der Waals surface area contributed by atoms with Crippen molar-refractivity contribution in [3.05, 3.63) is 35.9 Å². The predicted octanol–water partition coefficient (Wildman–Crippen LogP) is 2.70. The van der Waals surface area contributed by atoms with Crippen LogP contribution in [0.5, 0.6) is 11.8 Å². The monoisotopic (exact) mass is 480 g/mol. The van der Waals surface area contributed by atoms with Crippen LogP contribution in [0.4, 0.5) is 20.6 Å². The third kappa shape index (κ3) is 4.13. The molecule has 1 saturated heterocycles. The zero-order chi connectivity index (χ0) is 24.7. The Hall–Kier alpha value is -4.15. The number of carbonyl (C=O) groups excluding carboxylic acids is 2. The van der Waals surface area contributed by atoms with Crippen LogP contribution in [0.15, 0.2) is 24.5 Å². The standard InChI is InChI=1S/C24H25FN6O4/c1-3-14-17(10-29-23-22(14)27-4-5-34-23)15-6-12-7-18(28-9-16(12)21(26)20(15)25)35-24(33)30-13-8-19(32)31(2)11-13/h6-7,9-10,13,27H,3-5,8,11,26H2,1-2H3,(H,30,33)/t13-/m1/s1. The van der Waals surface area contributed by atoms with E-state index in [1.54, 1.807) is 24.2 Å². The highest BCUT2D eigenvalue weighted by atomic mass is 19.1. The van der Waals surface area contributed by atoms with Gasteiger partial charge in [-0.2, -0.15) is 0 Å². The first-order valence-electron chi connectivity index (χ1n) is 11.3. The molecule has 10 nitrogen and oxygen atoms in total. The Labute approximate surface area is 200 Å². The zero-order valence-electron chi connectivity index (χ0n) is 19.4. The van der Waals surface area contributed by atoms with Crippen molar-refractivity contribution in [2.75, 3.05) is 37.8 Å². The summed E-state index contributed by atoms with van der Waals surface area (Å²) in [5.74, 6) is -0.103. The minimum atomic E-state index is -0.724. The largest absolute Gasteiger partial charge is 0.474 e. The molecule has 2 aliphatic rings. The molecule has 1 fully saturated rings. The van der Waals surface area contributed by atoms with Gasteiger partial charge in [0.25, 0.3) is 0 Å².